The van der Waals surface area contributed by atoms with Gasteiger partial charge >= 0.3 is 5.97 Å². The van der Waals surface area contributed by atoms with E-state index in [0.717, 1.165) is 24.5 Å². The number of carbonyl (C=O) groups excluding carboxylic acids is 1. The predicted molar refractivity (Wildman–Crippen MR) is 105 cm³/mol. The minimum Gasteiger partial charge on any atom is -0.491 e. The molecule has 0 heterocycles. The third-order valence-electron chi connectivity index (χ3n) is 2.43. The molecule has 0 fully saturated rings. The highest BCUT2D eigenvalue weighted by molar-refractivity contribution is 5.65. The van der Waals surface area contributed by atoms with Gasteiger partial charge in [0.05, 0.1) is 13.7 Å². The first-order valence-corrected chi connectivity index (χ1v) is 8.50. The summed E-state index contributed by atoms with van der Waals surface area (Å²) in [5.41, 5.74) is 1.02. The van der Waals surface area contributed by atoms with Crippen molar-refractivity contribution < 1.29 is 29.2 Å². The van der Waals surface area contributed by atoms with Gasteiger partial charge in [-0.3, -0.25) is 4.79 Å². The van der Waals surface area contributed by atoms with Crippen LogP contribution in [0, 0.1) is 6.92 Å². The van der Waals surface area contributed by atoms with E-state index in [1.165, 1.54) is 14.0 Å². The Hall–Kier alpha value is -1.89. The van der Waals surface area contributed by atoms with E-state index in [0.29, 0.717) is 0 Å². The van der Waals surface area contributed by atoms with E-state index in [1.54, 1.807) is 6.08 Å². The van der Waals surface area contributed by atoms with E-state index >= 15 is 0 Å². The van der Waals surface area contributed by atoms with Crippen LogP contribution in [-0.2, 0) is 14.3 Å². The standard InChI is InChI=1S/C10H14O3.C4H10O.C3H6O2.C3H6/c1-8-4-2-3-5-10(8)13-7-9(12)6-11;1-3-5-4-2;1-3(4)5-2;1-3-2/h2-5,9,11-12H,6-7H2,1H3;3-4H2,1-2H3;1-2H3;3H,1H2,2H3. The minimum atomic E-state index is -0.806. The summed E-state index contributed by atoms with van der Waals surface area (Å²) in [5, 5.41) is 17.6. The highest BCUT2D eigenvalue weighted by Gasteiger charge is 2.03. The first-order chi connectivity index (χ1) is 12.3. The Balaban J connectivity index is -0.000000338. The highest BCUT2D eigenvalue weighted by Crippen LogP contribution is 2.15. The molecule has 0 aliphatic heterocycles. The Morgan fingerprint density at radius 1 is 1.27 bits per heavy atom. The Morgan fingerprint density at radius 2 is 1.73 bits per heavy atom. The van der Waals surface area contributed by atoms with Crippen molar-refractivity contribution in [3.63, 3.8) is 0 Å². The first-order valence-electron chi connectivity index (χ1n) is 8.50. The maximum Gasteiger partial charge on any atom is 0.302 e. The molecular weight excluding hydrogens is 336 g/mol. The fraction of sp³-hybridized carbons (Fsp3) is 0.550. The minimum absolute atomic E-state index is 0.126. The molecule has 0 saturated heterocycles. The number of aliphatic hydroxyl groups is 2. The molecule has 152 valence electrons. The summed E-state index contributed by atoms with van der Waals surface area (Å²) >= 11 is 0. The maximum atomic E-state index is 9.59. The van der Waals surface area contributed by atoms with Gasteiger partial charge in [0.1, 0.15) is 18.5 Å². The molecule has 0 saturated carbocycles. The molecule has 0 aliphatic carbocycles. The van der Waals surface area contributed by atoms with Gasteiger partial charge in [-0.2, -0.15) is 0 Å². The summed E-state index contributed by atoms with van der Waals surface area (Å²) in [6, 6.07) is 7.55. The molecular formula is C20H36O6. The maximum absolute atomic E-state index is 9.59. The Labute approximate surface area is 158 Å². The summed E-state index contributed by atoms with van der Waals surface area (Å²) in [4.78, 5) is 9.59. The summed E-state index contributed by atoms with van der Waals surface area (Å²) in [6.45, 7) is 14.1. The lowest BCUT2D eigenvalue weighted by Gasteiger charge is -2.11. The van der Waals surface area contributed by atoms with E-state index in [2.05, 4.69) is 11.3 Å². The molecule has 0 spiro atoms. The SMILES string of the molecule is C=CC.CCOCC.COC(C)=O.Cc1ccccc1OCC(O)CO. The monoisotopic (exact) mass is 372 g/mol. The number of carbonyl (C=O) groups is 1. The molecule has 1 unspecified atom stereocenters. The highest BCUT2D eigenvalue weighted by atomic mass is 16.5. The van der Waals surface area contributed by atoms with Crippen LogP contribution in [0.5, 0.6) is 5.75 Å². The molecule has 1 atom stereocenters. The van der Waals surface area contributed by atoms with Crippen LogP contribution in [0.25, 0.3) is 0 Å². The number of methoxy groups -OCH3 is 1. The van der Waals surface area contributed by atoms with Gasteiger partial charge in [-0.05, 0) is 39.3 Å². The number of para-hydroxylation sites is 1. The molecule has 0 bridgehead atoms. The molecule has 0 aromatic heterocycles. The van der Waals surface area contributed by atoms with E-state index < -0.39 is 6.10 Å². The number of esters is 1. The smallest absolute Gasteiger partial charge is 0.302 e. The lowest BCUT2D eigenvalue weighted by atomic mass is 10.2. The number of hydrogen-bond acceptors (Lipinski definition) is 6. The van der Waals surface area contributed by atoms with Crippen LogP contribution >= 0.6 is 0 Å². The van der Waals surface area contributed by atoms with Gasteiger partial charge in [0.15, 0.2) is 0 Å². The fourth-order valence-corrected chi connectivity index (χ4v) is 1.16. The zero-order chi connectivity index (χ0) is 20.8. The molecule has 6 nitrogen and oxygen atoms in total. The van der Waals surface area contributed by atoms with Crippen LogP contribution in [0.1, 0.15) is 33.3 Å². The van der Waals surface area contributed by atoms with Gasteiger partial charge in [0.25, 0.3) is 0 Å². The summed E-state index contributed by atoms with van der Waals surface area (Å²) in [6.07, 6.45) is 0.944. The van der Waals surface area contributed by atoms with E-state index in [4.69, 9.17) is 19.7 Å². The molecule has 6 heteroatoms. The normalized spacial score (nSPS) is 9.69. The fourth-order valence-electron chi connectivity index (χ4n) is 1.16. The number of aliphatic hydroxyl groups excluding tert-OH is 2. The Morgan fingerprint density at radius 3 is 2.04 bits per heavy atom. The van der Waals surface area contributed by atoms with Crippen molar-refractivity contribution in [3.8, 4) is 5.75 Å². The van der Waals surface area contributed by atoms with E-state index in [1.807, 2.05) is 52.0 Å². The second-order valence-electron chi connectivity index (χ2n) is 4.80. The summed E-state index contributed by atoms with van der Waals surface area (Å²) < 4.78 is 14.2. The van der Waals surface area contributed by atoms with Gasteiger partial charge in [-0.15, -0.1) is 6.58 Å². The van der Waals surface area contributed by atoms with Crippen LogP contribution in [-0.4, -0.2) is 55.8 Å². The number of ether oxygens (including phenoxy) is 3. The van der Waals surface area contributed by atoms with Crippen molar-refractivity contribution in [1.82, 2.24) is 0 Å². The molecule has 2 N–H and O–H groups in total. The number of allylic oxidation sites excluding steroid dienone is 1. The number of aryl methyl sites for hydroxylation is 1. The molecule has 1 aromatic carbocycles. The lowest BCUT2D eigenvalue weighted by Crippen LogP contribution is -2.21. The number of hydrogen-bond donors (Lipinski definition) is 2. The molecule has 26 heavy (non-hydrogen) atoms. The topological polar surface area (TPSA) is 85.2 Å². The van der Waals surface area contributed by atoms with Crippen molar-refractivity contribution in [2.24, 2.45) is 0 Å². The largest absolute Gasteiger partial charge is 0.491 e. The van der Waals surface area contributed by atoms with Crippen LogP contribution in [0.3, 0.4) is 0 Å². The number of rotatable bonds is 6. The third kappa shape index (κ3) is 24.4. The molecule has 1 rings (SSSR count). The van der Waals surface area contributed by atoms with Crippen molar-refractivity contribution in [2.75, 3.05) is 33.5 Å². The Bertz CT molecular complexity index is 432. The zero-order valence-corrected chi connectivity index (χ0v) is 17.0. The summed E-state index contributed by atoms with van der Waals surface area (Å²) in [5.74, 6) is 0.500. The van der Waals surface area contributed by atoms with Gasteiger partial charge in [0.2, 0.25) is 0 Å². The van der Waals surface area contributed by atoms with Crippen LogP contribution in [0.2, 0.25) is 0 Å². The Kier molecular flexibility index (Phi) is 25.7. The van der Waals surface area contributed by atoms with Gasteiger partial charge in [-0.1, -0.05) is 24.3 Å². The molecule has 1 aromatic rings. The van der Waals surface area contributed by atoms with Crippen molar-refractivity contribution in [1.29, 1.82) is 0 Å². The van der Waals surface area contributed by atoms with Gasteiger partial charge in [0, 0.05) is 20.1 Å². The van der Waals surface area contributed by atoms with Crippen LogP contribution in [0.15, 0.2) is 36.9 Å². The van der Waals surface area contributed by atoms with Crippen molar-refractivity contribution >= 4 is 5.97 Å². The zero-order valence-electron chi connectivity index (χ0n) is 17.0. The predicted octanol–water partition coefficient (Wildman–Crippen LogP) is 3.14. The molecule has 0 amide bonds. The quantitative estimate of drug-likeness (QED) is 0.589. The van der Waals surface area contributed by atoms with Crippen LogP contribution in [0.4, 0.5) is 0 Å². The molecule has 0 radical (unpaired) electrons. The van der Waals surface area contributed by atoms with E-state index in [9.17, 15) is 4.79 Å². The van der Waals surface area contributed by atoms with Gasteiger partial charge in [-0.25, -0.2) is 0 Å². The van der Waals surface area contributed by atoms with Crippen molar-refractivity contribution in [3.05, 3.63) is 42.5 Å². The van der Waals surface area contributed by atoms with Crippen LogP contribution < -0.4 is 4.74 Å². The molecule has 0 aliphatic rings. The summed E-state index contributed by atoms with van der Waals surface area (Å²) in [7, 11) is 1.35. The van der Waals surface area contributed by atoms with Gasteiger partial charge < -0.3 is 24.4 Å². The third-order valence-corrected chi connectivity index (χ3v) is 2.43. The average molecular weight is 373 g/mol. The number of benzene rings is 1. The average Bonchev–Trinajstić information content (AvgIpc) is 2.63. The second kappa shape index (κ2) is 23.1. The second-order valence-corrected chi connectivity index (χ2v) is 4.80. The lowest BCUT2D eigenvalue weighted by molar-refractivity contribution is -0.137. The first kappa shape index (κ1) is 28.9. The van der Waals surface area contributed by atoms with Crippen molar-refractivity contribution in [2.45, 2.75) is 40.7 Å². The van der Waals surface area contributed by atoms with E-state index in [-0.39, 0.29) is 19.2 Å².